The number of carbonyl (C=O) groups excluding carboxylic acids is 1. The molecule has 0 saturated heterocycles. The normalized spacial score (nSPS) is 12.2. The average Bonchev–Trinajstić information content (AvgIpc) is 2.92. The number of nitrogens with zero attached hydrogens (tertiary/aromatic N) is 1. The molecule has 8 heteroatoms. The Morgan fingerprint density at radius 1 is 0.868 bits per heavy atom. The van der Waals surface area contributed by atoms with Gasteiger partial charge in [-0.05, 0) is 58.8 Å². The van der Waals surface area contributed by atoms with Gasteiger partial charge in [-0.15, -0.1) is 0 Å². The lowest BCUT2D eigenvalue weighted by atomic mass is 9.90. The van der Waals surface area contributed by atoms with Crippen molar-refractivity contribution in [3.8, 4) is 11.1 Å². The molecule has 0 aliphatic rings. The van der Waals surface area contributed by atoms with Crippen LogP contribution in [0.5, 0.6) is 0 Å². The molecule has 7 nitrogen and oxygen atoms in total. The zero-order valence-electron chi connectivity index (χ0n) is 20.4. The molecule has 0 spiro atoms. The number of rotatable bonds is 7. The predicted molar refractivity (Wildman–Crippen MR) is 151 cm³/mol. The summed E-state index contributed by atoms with van der Waals surface area (Å²) in [7, 11) is -3.88. The van der Waals surface area contributed by atoms with Crippen LogP contribution in [0.4, 0.5) is 11.5 Å². The van der Waals surface area contributed by atoms with Crippen LogP contribution >= 0.6 is 0 Å². The lowest BCUT2D eigenvalue weighted by Crippen LogP contribution is -2.23. The number of sulfonamides is 1. The van der Waals surface area contributed by atoms with Gasteiger partial charge in [-0.2, -0.15) is 0 Å². The Morgan fingerprint density at radius 2 is 1.58 bits per heavy atom. The third-order valence-corrected chi connectivity index (χ3v) is 7.45. The van der Waals surface area contributed by atoms with Crippen molar-refractivity contribution in [3.63, 3.8) is 0 Å². The molecule has 0 aliphatic heterocycles. The number of hydrogen-bond donors (Lipinski definition) is 3. The van der Waals surface area contributed by atoms with Crippen LogP contribution in [0.15, 0.2) is 114 Å². The van der Waals surface area contributed by atoms with Gasteiger partial charge in [-0.1, -0.05) is 72.8 Å². The fraction of sp³-hybridized carbons (Fsp3) is 0.0667. The molecule has 190 valence electrons. The van der Waals surface area contributed by atoms with Gasteiger partial charge in [0, 0.05) is 22.8 Å². The van der Waals surface area contributed by atoms with E-state index in [0.717, 1.165) is 21.9 Å². The van der Waals surface area contributed by atoms with E-state index >= 15 is 0 Å². The van der Waals surface area contributed by atoms with Crippen LogP contribution in [0.3, 0.4) is 0 Å². The zero-order chi connectivity index (χ0) is 26.7. The first-order valence-electron chi connectivity index (χ1n) is 12.0. The van der Waals surface area contributed by atoms with Gasteiger partial charge >= 0.3 is 0 Å². The van der Waals surface area contributed by atoms with E-state index in [1.54, 1.807) is 48.7 Å². The number of hydrogen-bond acceptors (Lipinski definition) is 5. The van der Waals surface area contributed by atoms with Crippen molar-refractivity contribution in [3.05, 3.63) is 120 Å². The molecule has 1 atom stereocenters. The van der Waals surface area contributed by atoms with Gasteiger partial charge in [0.1, 0.15) is 5.82 Å². The third kappa shape index (κ3) is 5.41. The summed E-state index contributed by atoms with van der Waals surface area (Å²) in [5.74, 6) is -0.156. The number of carbonyl (C=O) groups is 1. The molecule has 1 aromatic heterocycles. The topological polar surface area (TPSA) is 128 Å². The fourth-order valence-corrected chi connectivity index (χ4v) is 5.32. The van der Waals surface area contributed by atoms with Crippen LogP contribution in [0.1, 0.15) is 17.0 Å². The number of pyridine rings is 1. The molecule has 5 aromatic rings. The van der Waals surface area contributed by atoms with Crippen LogP contribution in [0.2, 0.25) is 0 Å². The first-order chi connectivity index (χ1) is 18.3. The first kappa shape index (κ1) is 25.1. The highest BCUT2D eigenvalue weighted by atomic mass is 32.2. The van der Waals surface area contributed by atoms with E-state index in [2.05, 4.69) is 10.3 Å². The average molecular weight is 523 g/mol. The standard InChI is InChI=1S/C30H26N4O3S/c31-29-26-18-20(10-11-23(26)16-17-33-29)19-27(21-6-2-1-3-7-21)30(35)34-24-14-12-22(13-15-24)25-8-4-5-9-28(25)38(32,36)37/h1-18,27H,19H2,(H2,31,33)(H,34,35)(H2,32,36,37). The second-order valence-corrected chi connectivity index (χ2v) is 10.6. The lowest BCUT2D eigenvalue weighted by Gasteiger charge is -2.18. The Labute approximate surface area is 221 Å². The number of nitrogens with one attached hydrogen (secondary N) is 1. The van der Waals surface area contributed by atoms with Crippen LogP contribution in [-0.4, -0.2) is 19.3 Å². The molecule has 0 aliphatic carbocycles. The molecule has 38 heavy (non-hydrogen) atoms. The van der Waals surface area contributed by atoms with E-state index in [1.165, 1.54) is 6.07 Å². The monoisotopic (exact) mass is 522 g/mol. The molecule has 5 N–H and O–H groups in total. The van der Waals surface area contributed by atoms with Crippen molar-refractivity contribution in [2.75, 3.05) is 11.1 Å². The molecule has 0 radical (unpaired) electrons. The van der Waals surface area contributed by atoms with E-state index in [9.17, 15) is 13.2 Å². The Hall–Kier alpha value is -4.53. The second kappa shape index (κ2) is 10.5. The summed E-state index contributed by atoms with van der Waals surface area (Å²) < 4.78 is 24.0. The number of aromatic nitrogens is 1. The summed E-state index contributed by atoms with van der Waals surface area (Å²) in [6.07, 6.45) is 2.15. The smallest absolute Gasteiger partial charge is 0.238 e. The molecule has 1 unspecified atom stereocenters. The minimum Gasteiger partial charge on any atom is -0.383 e. The number of primary sulfonamides is 1. The molecular weight excluding hydrogens is 496 g/mol. The van der Waals surface area contributed by atoms with E-state index in [4.69, 9.17) is 10.9 Å². The first-order valence-corrected chi connectivity index (χ1v) is 13.6. The van der Waals surface area contributed by atoms with Gasteiger partial charge in [0.15, 0.2) is 0 Å². The number of nitrogen functional groups attached to an aromatic ring is 1. The molecule has 0 bridgehead atoms. The molecule has 5 rings (SSSR count). The number of amides is 1. The van der Waals surface area contributed by atoms with Gasteiger partial charge in [-0.3, -0.25) is 4.79 Å². The largest absolute Gasteiger partial charge is 0.383 e. The summed E-state index contributed by atoms with van der Waals surface area (Å²) in [5.41, 5.74) is 9.72. The molecule has 1 amide bonds. The minimum absolute atomic E-state index is 0.0483. The number of nitrogens with two attached hydrogens (primary N) is 2. The number of benzene rings is 4. The maximum atomic E-state index is 13.5. The summed E-state index contributed by atoms with van der Waals surface area (Å²) in [6.45, 7) is 0. The second-order valence-electron chi connectivity index (χ2n) is 9.03. The van der Waals surface area contributed by atoms with Crippen molar-refractivity contribution >= 4 is 38.2 Å². The van der Waals surface area contributed by atoms with E-state index in [-0.39, 0.29) is 10.8 Å². The van der Waals surface area contributed by atoms with E-state index in [1.807, 2.05) is 54.6 Å². The zero-order valence-corrected chi connectivity index (χ0v) is 21.2. The Kier molecular flexibility index (Phi) is 6.91. The lowest BCUT2D eigenvalue weighted by molar-refractivity contribution is -0.117. The van der Waals surface area contributed by atoms with Crippen molar-refractivity contribution in [1.82, 2.24) is 4.98 Å². The van der Waals surface area contributed by atoms with Crippen molar-refractivity contribution in [2.45, 2.75) is 17.2 Å². The Bertz CT molecular complexity index is 1720. The summed E-state index contributed by atoms with van der Waals surface area (Å²) >= 11 is 0. The summed E-state index contributed by atoms with van der Waals surface area (Å²) in [5, 5.41) is 10.2. The van der Waals surface area contributed by atoms with Crippen molar-refractivity contribution < 1.29 is 13.2 Å². The molecule has 0 saturated carbocycles. The van der Waals surface area contributed by atoms with Crippen LogP contribution < -0.4 is 16.2 Å². The minimum atomic E-state index is -3.88. The SMILES string of the molecule is Nc1nccc2ccc(CC(C(=O)Nc3ccc(-c4ccccc4S(N)(=O)=O)cc3)c3ccccc3)cc12. The maximum absolute atomic E-state index is 13.5. The highest BCUT2D eigenvalue weighted by molar-refractivity contribution is 7.89. The third-order valence-electron chi connectivity index (χ3n) is 6.48. The van der Waals surface area contributed by atoms with Gasteiger partial charge in [0.05, 0.1) is 10.8 Å². The van der Waals surface area contributed by atoms with E-state index in [0.29, 0.717) is 29.1 Å². The molecule has 0 fully saturated rings. The molecule has 1 heterocycles. The molecular formula is C30H26N4O3S. The summed E-state index contributed by atoms with van der Waals surface area (Å²) in [4.78, 5) is 17.8. The van der Waals surface area contributed by atoms with Crippen molar-refractivity contribution in [1.29, 1.82) is 0 Å². The van der Waals surface area contributed by atoms with E-state index < -0.39 is 15.9 Å². The maximum Gasteiger partial charge on any atom is 0.238 e. The van der Waals surface area contributed by atoms with Crippen LogP contribution in [0.25, 0.3) is 21.9 Å². The van der Waals surface area contributed by atoms with Crippen LogP contribution in [0, 0.1) is 0 Å². The number of anilines is 2. The highest BCUT2D eigenvalue weighted by Crippen LogP contribution is 2.29. The van der Waals surface area contributed by atoms with Gasteiger partial charge < -0.3 is 11.1 Å². The van der Waals surface area contributed by atoms with Gasteiger partial charge in [0.25, 0.3) is 0 Å². The van der Waals surface area contributed by atoms with Crippen molar-refractivity contribution in [2.24, 2.45) is 5.14 Å². The fourth-order valence-electron chi connectivity index (χ4n) is 4.56. The van der Waals surface area contributed by atoms with Gasteiger partial charge in [0.2, 0.25) is 15.9 Å². The summed E-state index contributed by atoms with van der Waals surface area (Å²) in [6, 6.07) is 31.1. The Balaban J connectivity index is 1.41. The highest BCUT2D eigenvalue weighted by Gasteiger charge is 2.22. The predicted octanol–water partition coefficient (Wildman–Crippen LogP) is 5.10. The Morgan fingerprint density at radius 3 is 2.32 bits per heavy atom. The molecule has 4 aromatic carbocycles. The quantitative estimate of drug-likeness (QED) is 0.274. The number of fused-ring (bicyclic) bond motifs is 1. The van der Waals surface area contributed by atoms with Crippen LogP contribution in [-0.2, 0) is 21.2 Å². The van der Waals surface area contributed by atoms with Gasteiger partial charge in [-0.25, -0.2) is 18.5 Å².